The molecule has 0 amide bonds. The van der Waals surface area contributed by atoms with Gasteiger partial charge in [-0.25, -0.2) is 19.9 Å². The van der Waals surface area contributed by atoms with E-state index in [0.717, 1.165) is 72.4 Å². The Morgan fingerprint density at radius 3 is 1.58 bits per heavy atom. The van der Waals surface area contributed by atoms with Crippen molar-refractivity contribution in [2.45, 2.75) is 6.92 Å². The van der Waals surface area contributed by atoms with Gasteiger partial charge in [0.2, 0.25) is 0 Å². The van der Waals surface area contributed by atoms with Gasteiger partial charge in [-0.1, -0.05) is 133 Å². The summed E-state index contributed by atoms with van der Waals surface area (Å²) in [5.74, 6) is 0.664. The van der Waals surface area contributed by atoms with Gasteiger partial charge in [0.05, 0.1) is 33.8 Å². The molecule has 8 aromatic rings. The number of aromatic nitrogens is 4. The summed E-state index contributed by atoms with van der Waals surface area (Å²) in [5, 5.41) is 2.14. The molecular weight excluding hydrogens is 548 g/mol. The van der Waals surface area contributed by atoms with E-state index in [2.05, 4.69) is 97.9 Å². The minimum absolute atomic E-state index is 0.664. The third kappa shape index (κ3) is 5.13. The van der Waals surface area contributed by atoms with Crippen molar-refractivity contribution in [1.29, 1.82) is 0 Å². The quantitative estimate of drug-likeness (QED) is 0.191. The van der Waals surface area contributed by atoms with Gasteiger partial charge in [-0.2, -0.15) is 0 Å². The molecule has 0 bridgehead atoms. The highest BCUT2D eigenvalue weighted by Crippen LogP contribution is 2.33. The van der Waals surface area contributed by atoms with Gasteiger partial charge in [0, 0.05) is 27.5 Å². The second-order valence-corrected chi connectivity index (χ2v) is 11.2. The molecule has 3 heterocycles. The number of fused-ring (bicyclic) bond motifs is 3. The first-order valence-electron chi connectivity index (χ1n) is 15.1. The summed E-state index contributed by atoms with van der Waals surface area (Å²) in [6.07, 6.45) is 0. The van der Waals surface area contributed by atoms with Crippen molar-refractivity contribution in [2.24, 2.45) is 0 Å². The van der Waals surface area contributed by atoms with Crippen LogP contribution in [0.2, 0.25) is 0 Å². The molecule has 0 N–H and O–H groups in total. The van der Waals surface area contributed by atoms with Gasteiger partial charge in [-0.15, -0.1) is 0 Å². The van der Waals surface area contributed by atoms with Crippen molar-refractivity contribution in [3.05, 3.63) is 157 Å². The average molecular weight is 577 g/mol. The maximum Gasteiger partial charge on any atom is 0.160 e. The van der Waals surface area contributed by atoms with Crippen LogP contribution in [0.5, 0.6) is 0 Å². The van der Waals surface area contributed by atoms with E-state index >= 15 is 0 Å². The highest BCUT2D eigenvalue weighted by Gasteiger charge is 2.15. The monoisotopic (exact) mass is 576 g/mol. The highest BCUT2D eigenvalue weighted by atomic mass is 14.9. The van der Waals surface area contributed by atoms with E-state index in [-0.39, 0.29) is 0 Å². The largest absolute Gasteiger partial charge is 0.245 e. The Kier molecular flexibility index (Phi) is 6.65. The molecule has 212 valence electrons. The van der Waals surface area contributed by atoms with Crippen LogP contribution in [0.3, 0.4) is 0 Å². The topological polar surface area (TPSA) is 51.6 Å². The third-order valence-electron chi connectivity index (χ3n) is 8.22. The van der Waals surface area contributed by atoms with Gasteiger partial charge in [0.25, 0.3) is 0 Å². The third-order valence-corrected chi connectivity index (χ3v) is 8.22. The second-order valence-electron chi connectivity index (χ2n) is 11.2. The lowest BCUT2D eigenvalue weighted by atomic mass is 10.0. The lowest BCUT2D eigenvalue weighted by Crippen LogP contribution is -1.98. The second kappa shape index (κ2) is 11.3. The van der Waals surface area contributed by atoms with Crippen LogP contribution < -0.4 is 0 Å². The van der Waals surface area contributed by atoms with Crippen LogP contribution in [0.25, 0.3) is 78.2 Å². The molecule has 4 nitrogen and oxygen atoms in total. The molecule has 0 saturated heterocycles. The molecule has 0 spiro atoms. The fourth-order valence-corrected chi connectivity index (χ4v) is 5.85. The number of hydrogen-bond acceptors (Lipinski definition) is 4. The van der Waals surface area contributed by atoms with E-state index in [1.165, 1.54) is 5.56 Å². The summed E-state index contributed by atoms with van der Waals surface area (Å²) < 4.78 is 0. The maximum atomic E-state index is 5.24. The molecule has 0 aliphatic heterocycles. The number of rotatable bonds is 5. The van der Waals surface area contributed by atoms with E-state index in [0.29, 0.717) is 5.82 Å². The van der Waals surface area contributed by atoms with Crippen molar-refractivity contribution in [2.75, 3.05) is 0 Å². The number of hydrogen-bond donors (Lipinski definition) is 0. The van der Waals surface area contributed by atoms with Crippen molar-refractivity contribution in [3.63, 3.8) is 0 Å². The normalized spacial score (nSPS) is 11.2. The zero-order valence-corrected chi connectivity index (χ0v) is 24.7. The standard InChI is InChI=1S/C41H28N4/c1-27-25-37(43-40-34(27)23-21-32-22-24-35(42-39(32)40)30-13-7-3-8-14-30)38-26-36(44-41(45-38)33-15-9-4-10-16-33)31-19-17-29(18-20-31)28-11-5-2-6-12-28/h2-26H,1H3. The van der Waals surface area contributed by atoms with Crippen LogP contribution in [0.15, 0.2) is 152 Å². The maximum absolute atomic E-state index is 5.24. The molecule has 0 radical (unpaired) electrons. The zero-order chi connectivity index (χ0) is 30.2. The minimum Gasteiger partial charge on any atom is -0.245 e. The van der Waals surface area contributed by atoms with Crippen molar-refractivity contribution < 1.29 is 0 Å². The fourth-order valence-electron chi connectivity index (χ4n) is 5.85. The molecule has 0 unspecified atom stereocenters. The molecule has 0 aliphatic rings. The number of benzene rings is 5. The Bertz CT molecular complexity index is 2300. The number of nitrogens with zero attached hydrogens (tertiary/aromatic N) is 4. The Morgan fingerprint density at radius 2 is 0.867 bits per heavy atom. The van der Waals surface area contributed by atoms with Crippen molar-refractivity contribution in [1.82, 2.24) is 19.9 Å². The fraction of sp³-hybridized carbons (Fsp3) is 0.0244. The van der Waals surface area contributed by atoms with Crippen LogP contribution in [-0.4, -0.2) is 19.9 Å². The van der Waals surface area contributed by atoms with Gasteiger partial charge in [-0.05, 0) is 41.8 Å². The van der Waals surface area contributed by atoms with Crippen LogP contribution >= 0.6 is 0 Å². The Morgan fingerprint density at radius 1 is 0.356 bits per heavy atom. The predicted molar refractivity (Wildman–Crippen MR) is 185 cm³/mol. The minimum atomic E-state index is 0.664. The van der Waals surface area contributed by atoms with Gasteiger partial charge in [0.15, 0.2) is 5.82 Å². The van der Waals surface area contributed by atoms with E-state index < -0.39 is 0 Å². The Hall–Kier alpha value is -6.00. The van der Waals surface area contributed by atoms with E-state index in [1.807, 2.05) is 60.7 Å². The summed E-state index contributed by atoms with van der Waals surface area (Å²) in [5.41, 5.74) is 11.6. The first kappa shape index (κ1) is 26.6. The van der Waals surface area contributed by atoms with Crippen LogP contribution in [-0.2, 0) is 0 Å². The SMILES string of the molecule is Cc1cc(-c2cc(-c3ccc(-c4ccccc4)cc3)nc(-c3ccccc3)n2)nc2c1ccc1ccc(-c3ccccc3)nc12. The number of pyridine rings is 2. The summed E-state index contributed by atoms with van der Waals surface area (Å²) >= 11 is 0. The molecular formula is C41H28N4. The van der Waals surface area contributed by atoms with Crippen LogP contribution in [0.1, 0.15) is 5.56 Å². The molecule has 5 aromatic carbocycles. The molecule has 8 rings (SSSR count). The molecule has 0 saturated carbocycles. The first-order valence-corrected chi connectivity index (χ1v) is 15.1. The van der Waals surface area contributed by atoms with Gasteiger partial charge < -0.3 is 0 Å². The predicted octanol–water partition coefficient (Wildman–Crippen LogP) is 10.2. The smallest absolute Gasteiger partial charge is 0.160 e. The van der Waals surface area contributed by atoms with Crippen LogP contribution in [0.4, 0.5) is 0 Å². The van der Waals surface area contributed by atoms with Crippen LogP contribution in [0, 0.1) is 6.92 Å². The Labute approximate surface area is 261 Å². The summed E-state index contributed by atoms with van der Waals surface area (Å²) in [4.78, 5) is 20.5. The zero-order valence-electron chi connectivity index (χ0n) is 24.7. The first-order chi connectivity index (χ1) is 22.2. The lowest BCUT2D eigenvalue weighted by molar-refractivity contribution is 1.17. The van der Waals surface area contributed by atoms with E-state index in [4.69, 9.17) is 19.9 Å². The number of aryl methyl sites for hydroxylation is 1. The van der Waals surface area contributed by atoms with E-state index in [1.54, 1.807) is 0 Å². The average Bonchev–Trinajstić information content (AvgIpc) is 3.12. The molecule has 0 fully saturated rings. The van der Waals surface area contributed by atoms with Gasteiger partial charge >= 0.3 is 0 Å². The summed E-state index contributed by atoms with van der Waals surface area (Å²) in [6.45, 7) is 2.13. The van der Waals surface area contributed by atoms with Gasteiger partial charge in [0.1, 0.15) is 0 Å². The highest BCUT2D eigenvalue weighted by molar-refractivity contribution is 6.05. The molecule has 4 heteroatoms. The summed E-state index contributed by atoms with van der Waals surface area (Å²) in [7, 11) is 0. The lowest BCUT2D eigenvalue weighted by Gasteiger charge is -2.12. The van der Waals surface area contributed by atoms with Crippen molar-refractivity contribution in [3.8, 4) is 56.4 Å². The molecule has 0 aliphatic carbocycles. The molecule has 3 aromatic heterocycles. The molecule has 0 atom stereocenters. The van der Waals surface area contributed by atoms with E-state index in [9.17, 15) is 0 Å². The molecule has 45 heavy (non-hydrogen) atoms. The van der Waals surface area contributed by atoms with Crippen molar-refractivity contribution >= 4 is 21.8 Å². The summed E-state index contributed by atoms with van der Waals surface area (Å²) in [6, 6.07) is 52.0. The Balaban J connectivity index is 1.30. The van der Waals surface area contributed by atoms with Gasteiger partial charge in [-0.3, -0.25) is 0 Å².